The Morgan fingerprint density at radius 3 is 2.60 bits per heavy atom. The molecule has 0 saturated carbocycles. The summed E-state index contributed by atoms with van der Waals surface area (Å²) in [7, 11) is 1.60. The van der Waals surface area contributed by atoms with Crippen LogP contribution in [-0.2, 0) is 5.88 Å². The van der Waals surface area contributed by atoms with Gasteiger partial charge in [-0.15, -0.1) is 11.6 Å². The number of pyridine rings is 1. The molecule has 0 bridgehead atoms. The topological polar surface area (TPSA) is 16.1 Å². The molecule has 0 saturated heterocycles. The van der Waals surface area contributed by atoms with Crippen molar-refractivity contribution in [3.8, 4) is 0 Å². The maximum Gasteiger partial charge on any atom is 0.390 e. The minimum atomic E-state index is -4.17. The van der Waals surface area contributed by atoms with Crippen LogP contribution < -0.4 is 4.90 Å². The van der Waals surface area contributed by atoms with Gasteiger partial charge in [0.25, 0.3) is 0 Å². The van der Waals surface area contributed by atoms with Gasteiger partial charge in [-0.25, -0.2) is 4.98 Å². The number of fused-ring (bicyclic) bond motifs is 1. The molecule has 1 heterocycles. The molecular weight excluding hydrogens is 289 g/mol. The van der Waals surface area contributed by atoms with Gasteiger partial charge in [0.1, 0.15) is 5.82 Å². The number of alkyl halides is 4. The Kier molecular flexibility index (Phi) is 4.38. The molecule has 1 aromatic carbocycles. The second-order valence-electron chi connectivity index (χ2n) is 4.58. The first-order valence-corrected chi connectivity index (χ1v) is 6.66. The van der Waals surface area contributed by atoms with E-state index in [1.54, 1.807) is 7.05 Å². The van der Waals surface area contributed by atoms with Crippen molar-refractivity contribution in [1.29, 1.82) is 0 Å². The second-order valence-corrected chi connectivity index (χ2v) is 4.85. The van der Waals surface area contributed by atoms with Gasteiger partial charge in [0.15, 0.2) is 0 Å². The zero-order valence-corrected chi connectivity index (χ0v) is 11.7. The summed E-state index contributed by atoms with van der Waals surface area (Å²) in [4.78, 5) is 5.92. The fourth-order valence-corrected chi connectivity index (χ4v) is 2.18. The predicted octanol–water partition coefficient (Wildman–Crippen LogP) is 4.36. The van der Waals surface area contributed by atoms with Gasteiger partial charge in [-0.05, 0) is 12.1 Å². The van der Waals surface area contributed by atoms with E-state index in [0.717, 1.165) is 16.5 Å². The minimum absolute atomic E-state index is 0.140. The first kappa shape index (κ1) is 14.9. The van der Waals surface area contributed by atoms with Crippen LogP contribution in [0.15, 0.2) is 30.3 Å². The Morgan fingerprint density at radius 1 is 1.25 bits per heavy atom. The monoisotopic (exact) mass is 302 g/mol. The standard InChI is InChI=1S/C14H14ClF3N2/c1-20(7-6-14(16,17)18)13-11(9-15)8-10-4-2-3-5-12(10)19-13/h2-5,8H,6-7,9H2,1H3. The van der Waals surface area contributed by atoms with E-state index in [0.29, 0.717) is 5.82 Å². The van der Waals surface area contributed by atoms with E-state index in [4.69, 9.17) is 11.6 Å². The molecule has 0 amide bonds. The lowest BCUT2D eigenvalue weighted by Gasteiger charge is -2.22. The van der Waals surface area contributed by atoms with Gasteiger partial charge < -0.3 is 4.90 Å². The van der Waals surface area contributed by atoms with Gasteiger partial charge in [0.05, 0.1) is 17.8 Å². The van der Waals surface area contributed by atoms with E-state index in [9.17, 15) is 13.2 Å². The van der Waals surface area contributed by atoms with Gasteiger partial charge in [0, 0.05) is 24.5 Å². The average Bonchev–Trinajstić information content (AvgIpc) is 2.42. The summed E-state index contributed by atoms with van der Waals surface area (Å²) >= 11 is 5.88. The average molecular weight is 303 g/mol. The lowest BCUT2D eigenvalue weighted by molar-refractivity contribution is -0.132. The first-order chi connectivity index (χ1) is 9.40. The van der Waals surface area contributed by atoms with Crippen LogP contribution in [0, 0.1) is 0 Å². The lowest BCUT2D eigenvalue weighted by atomic mass is 10.1. The van der Waals surface area contributed by atoms with Crippen molar-refractivity contribution in [3.05, 3.63) is 35.9 Å². The highest BCUT2D eigenvalue weighted by atomic mass is 35.5. The third-order valence-corrected chi connectivity index (χ3v) is 3.30. The number of benzene rings is 1. The molecule has 108 valence electrons. The van der Waals surface area contributed by atoms with Crippen molar-refractivity contribution in [2.24, 2.45) is 0 Å². The van der Waals surface area contributed by atoms with Gasteiger partial charge in [-0.1, -0.05) is 18.2 Å². The Labute approximate surface area is 120 Å². The first-order valence-electron chi connectivity index (χ1n) is 6.13. The smallest absolute Gasteiger partial charge is 0.359 e. The van der Waals surface area contributed by atoms with Crippen LogP contribution in [0.5, 0.6) is 0 Å². The number of rotatable bonds is 4. The molecule has 2 aromatic rings. The summed E-state index contributed by atoms with van der Waals surface area (Å²) in [5.41, 5.74) is 1.48. The quantitative estimate of drug-likeness (QED) is 0.780. The molecule has 0 fully saturated rings. The Balaban J connectivity index is 2.31. The maximum atomic E-state index is 12.3. The zero-order chi connectivity index (χ0) is 14.8. The highest BCUT2D eigenvalue weighted by Gasteiger charge is 2.27. The number of para-hydroxylation sites is 1. The van der Waals surface area contributed by atoms with Crippen LogP contribution in [0.25, 0.3) is 10.9 Å². The summed E-state index contributed by atoms with van der Waals surface area (Å²) < 4.78 is 36.9. The number of hydrogen-bond donors (Lipinski definition) is 0. The summed E-state index contributed by atoms with van der Waals surface area (Å²) in [6, 6.07) is 9.32. The van der Waals surface area contributed by atoms with Crippen molar-refractivity contribution in [2.45, 2.75) is 18.5 Å². The molecule has 6 heteroatoms. The van der Waals surface area contributed by atoms with Crippen molar-refractivity contribution >= 4 is 28.3 Å². The molecule has 0 unspecified atom stereocenters. The van der Waals surface area contributed by atoms with E-state index in [1.807, 2.05) is 30.3 Å². The van der Waals surface area contributed by atoms with Crippen LogP contribution in [0.1, 0.15) is 12.0 Å². The molecular formula is C14H14ClF3N2. The van der Waals surface area contributed by atoms with Gasteiger partial charge >= 0.3 is 6.18 Å². The number of nitrogens with zero attached hydrogens (tertiary/aromatic N) is 2. The van der Waals surface area contributed by atoms with E-state index in [1.165, 1.54) is 4.90 Å². The summed E-state index contributed by atoms with van der Waals surface area (Å²) in [5, 5.41) is 0.927. The minimum Gasteiger partial charge on any atom is -0.359 e. The Hall–Kier alpha value is -1.49. The number of anilines is 1. The van der Waals surface area contributed by atoms with Crippen LogP contribution in [-0.4, -0.2) is 24.8 Å². The van der Waals surface area contributed by atoms with E-state index in [2.05, 4.69) is 4.98 Å². The Morgan fingerprint density at radius 2 is 1.95 bits per heavy atom. The normalized spacial score (nSPS) is 11.8. The maximum absolute atomic E-state index is 12.3. The molecule has 0 atom stereocenters. The highest BCUT2D eigenvalue weighted by molar-refractivity contribution is 6.17. The molecule has 0 radical (unpaired) electrons. The van der Waals surface area contributed by atoms with Crippen molar-refractivity contribution < 1.29 is 13.2 Å². The molecule has 2 nitrogen and oxygen atoms in total. The molecule has 1 aromatic heterocycles. The van der Waals surface area contributed by atoms with Crippen LogP contribution >= 0.6 is 11.6 Å². The molecule has 0 aliphatic carbocycles. The zero-order valence-electron chi connectivity index (χ0n) is 10.9. The summed E-state index contributed by atoms with van der Waals surface area (Å²) in [5.74, 6) is 0.715. The van der Waals surface area contributed by atoms with Gasteiger partial charge in [-0.2, -0.15) is 13.2 Å². The molecule has 2 rings (SSSR count). The second kappa shape index (κ2) is 5.87. The Bertz CT molecular complexity index is 598. The largest absolute Gasteiger partial charge is 0.390 e. The van der Waals surface area contributed by atoms with Gasteiger partial charge in [-0.3, -0.25) is 0 Å². The van der Waals surface area contributed by atoms with Crippen molar-refractivity contribution in [1.82, 2.24) is 4.98 Å². The predicted molar refractivity (Wildman–Crippen MR) is 75.2 cm³/mol. The number of hydrogen-bond acceptors (Lipinski definition) is 2. The molecule has 0 aliphatic rings. The van der Waals surface area contributed by atoms with Crippen LogP contribution in [0.2, 0.25) is 0 Å². The van der Waals surface area contributed by atoms with Crippen molar-refractivity contribution in [3.63, 3.8) is 0 Å². The number of aromatic nitrogens is 1. The molecule has 0 N–H and O–H groups in total. The molecule has 0 spiro atoms. The lowest BCUT2D eigenvalue weighted by Crippen LogP contribution is -2.25. The van der Waals surface area contributed by atoms with Crippen LogP contribution in [0.4, 0.5) is 19.0 Å². The van der Waals surface area contributed by atoms with E-state index >= 15 is 0 Å². The van der Waals surface area contributed by atoms with E-state index < -0.39 is 12.6 Å². The fourth-order valence-electron chi connectivity index (χ4n) is 1.98. The SMILES string of the molecule is CN(CCC(F)(F)F)c1nc2ccccc2cc1CCl. The van der Waals surface area contributed by atoms with E-state index in [-0.39, 0.29) is 12.4 Å². The highest BCUT2D eigenvalue weighted by Crippen LogP contribution is 2.26. The third-order valence-electron chi connectivity index (χ3n) is 3.02. The summed E-state index contributed by atoms with van der Waals surface area (Å²) in [6.45, 7) is -0.140. The summed E-state index contributed by atoms with van der Waals surface area (Å²) in [6.07, 6.45) is -5.05. The third kappa shape index (κ3) is 3.54. The number of halogens is 4. The fraction of sp³-hybridized carbons (Fsp3) is 0.357. The molecule has 0 aliphatic heterocycles. The molecule has 20 heavy (non-hydrogen) atoms. The van der Waals surface area contributed by atoms with Gasteiger partial charge in [0.2, 0.25) is 0 Å². The van der Waals surface area contributed by atoms with Crippen LogP contribution in [0.3, 0.4) is 0 Å². The van der Waals surface area contributed by atoms with Crippen molar-refractivity contribution in [2.75, 3.05) is 18.5 Å².